The molecule has 1 aromatic rings. The number of hydrogen-bond acceptors (Lipinski definition) is 2. The second kappa shape index (κ2) is 4.46. The molecule has 0 saturated heterocycles. The number of carbonyl (C=O) groups is 1. The minimum atomic E-state index is -1.71. The molecule has 18 heavy (non-hydrogen) atoms. The fourth-order valence-corrected chi connectivity index (χ4v) is 2.04. The highest BCUT2D eigenvalue weighted by Gasteiger charge is 2.39. The van der Waals surface area contributed by atoms with Crippen LogP contribution in [0.3, 0.4) is 0 Å². The van der Waals surface area contributed by atoms with Crippen molar-refractivity contribution >= 4 is 5.78 Å². The van der Waals surface area contributed by atoms with Crippen molar-refractivity contribution < 1.29 is 18.7 Å². The number of carbonyl (C=O) groups excluding carboxylic acids is 1. The van der Waals surface area contributed by atoms with Crippen molar-refractivity contribution in [2.45, 2.75) is 18.4 Å². The predicted octanol–water partition coefficient (Wildman–Crippen LogP) is 2.49. The summed E-state index contributed by atoms with van der Waals surface area (Å²) in [6, 6.07) is 3.34. The van der Waals surface area contributed by atoms with Gasteiger partial charge in [0.15, 0.2) is 23.0 Å². The van der Waals surface area contributed by atoms with Crippen LogP contribution in [0.1, 0.15) is 18.4 Å². The molecule has 0 spiro atoms. The zero-order valence-electron chi connectivity index (χ0n) is 9.73. The second-order valence-electron chi connectivity index (χ2n) is 4.28. The Morgan fingerprint density at radius 2 is 2.00 bits per heavy atom. The summed E-state index contributed by atoms with van der Waals surface area (Å²) in [6.07, 6.45) is 6.16. The summed E-state index contributed by atoms with van der Waals surface area (Å²) in [5.41, 5.74) is -1.36. The van der Waals surface area contributed by atoms with Gasteiger partial charge in [-0.25, -0.2) is 8.78 Å². The van der Waals surface area contributed by atoms with E-state index in [-0.39, 0.29) is 0 Å². The average molecular weight is 250 g/mol. The molecule has 1 aliphatic carbocycles. The van der Waals surface area contributed by atoms with E-state index >= 15 is 0 Å². The van der Waals surface area contributed by atoms with Gasteiger partial charge in [0.05, 0.1) is 0 Å². The van der Waals surface area contributed by atoms with Gasteiger partial charge < -0.3 is 5.11 Å². The first-order valence-corrected chi connectivity index (χ1v) is 5.49. The van der Waals surface area contributed by atoms with Gasteiger partial charge in [-0.3, -0.25) is 4.79 Å². The molecular weight excluding hydrogens is 238 g/mol. The number of benzene rings is 1. The minimum Gasteiger partial charge on any atom is -0.377 e. The fourth-order valence-electron chi connectivity index (χ4n) is 2.04. The third kappa shape index (κ3) is 1.99. The lowest BCUT2D eigenvalue weighted by atomic mass is 9.77. The van der Waals surface area contributed by atoms with E-state index in [1.807, 2.05) is 0 Å². The average Bonchev–Trinajstić information content (AvgIpc) is 2.33. The molecule has 0 aliphatic heterocycles. The minimum absolute atomic E-state index is 0.354. The Bertz CT molecular complexity index is 549. The SMILES string of the molecule is CC(=O)C1(O)C=CC=CC1c1ccc(F)c(F)c1. The molecule has 1 aromatic carbocycles. The van der Waals surface area contributed by atoms with Crippen molar-refractivity contribution in [3.8, 4) is 0 Å². The van der Waals surface area contributed by atoms with E-state index in [1.165, 1.54) is 19.1 Å². The van der Waals surface area contributed by atoms with Crippen LogP contribution in [-0.2, 0) is 4.79 Å². The Hall–Kier alpha value is -1.81. The van der Waals surface area contributed by atoms with Gasteiger partial charge in [0.25, 0.3) is 0 Å². The smallest absolute Gasteiger partial charge is 0.166 e. The van der Waals surface area contributed by atoms with Gasteiger partial charge in [-0.1, -0.05) is 24.3 Å². The van der Waals surface area contributed by atoms with E-state index < -0.39 is 28.9 Å². The Morgan fingerprint density at radius 3 is 2.61 bits per heavy atom. The summed E-state index contributed by atoms with van der Waals surface area (Å²) in [5.74, 6) is -3.12. The van der Waals surface area contributed by atoms with Crippen molar-refractivity contribution in [3.05, 3.63) is 59.7 Å². The third-order valence-corrected chi connectivity index (χ3v) is 3.11. The standard InChI is InChI=1S/C14H12F2O2/c1-9(17)14(18)7-3-2-4-11(14)10-5-6-12(15)13(16)8-10/h2-8,11,18H,1H3. The Kier molecular flexibility index (Phi) is 3.13. The molecule has 2 rings (SSSR count). The molecular formula is C14H12F2O2. The summed E-state index contributed by atoms with van der Waals surface area (Å²) < 4.78 is 26.1. The van der Waals surface area contributed by atoms with Crippen molar-refractivity contribution in [2.24, 2.45) is 0 Å². The van der Waals surface area contributed by atoms with Gasteiger partial charge in [-0.05, 0) is 30.7 Å². The monoisotopic (exact) mass is 250 g/mol. The predicted molar refractivity (Wildman–Crippen MR) is 63.0 cm³/mol. The third-order valence-electron chi connectivity index (χ3n) is 3.11. The van der Waals surface area contributed by atoms with Crippen LogP contribution in [0.4, 0.5) is 8.78 Å². The highest BCUT2D eigenvalue weighted by atomic mass is 19.2. The van der Waals surface area contributed by atoms with E-state index in [1.54, 1.807) is 18.2 Å². The van der Waals surface area contributed by atoms with Gasteiger partial charge in [0, 0.05) is 5.92 Å². The molecule has 0 bridgehead atoms. The van der Waals surface area contributed by atoms with Crippen LogP contribution in [0.15, 0.2) is 42.5 Å². The van der Waals surface area contributed by atoms with E-state index in [9.17, 15) is 18.7 Å². The molecule has 0 heterocycles. The number of Topliss-reactive ketones (excluding diaryl/α,β-unsaturated/α-hetero) is 1. The lowest BCUT2D eigenvalue weighted by molar-refractivity contribution is -0.131. The number of halogens is 2. The van der Waals surface area contributed by atoms with Crippen molar-refractivity contribution in [2.75, 3.05) is 0 Å². The molecule has 2 unspecified atom stereocenters. The van der Waals surface area contributed by atoms with Gasteiger partial charge in [-0.15, -0.1) is 0 Å². The summed E-state index contributed by atoms with van der Waals surface area (Å²) in [6.45, 7) is 1.26. The van der Waals surface area contributed by atoms with Crippen LogP contribution in [0, 0.1) is 11.6 Å². The molecule has 1 aliphatic rings. The summed E-state index contributed by atoms with van der Waals surface area (Å²) in [4.78, 5) is 11.6. The summed E-state index contributed by atoms with van der Waals surface area (Å²) >= 11 is 0. The number of allylic oxidation sites excluding steroid dienone is 2. The topological polar surface area (TPSA) is 37.3 Å². The van der Waals surface area contributed by atoms with Crippen LogP contribution in [0.5, 0.6) is 0 Å². The van der Waals surface area contributed by atoms with Crippen LogP contribution >= 0.6 is 0 Å². The molecule has 0 radical (unpaired) electrons. The molecule has 2 atom stereocenters. The largest absolute Gasteiger partial charge is 0.377 e. The van der Waals surface area contributed by atoms with Gasteiger partial charge in [0.2, 0.25) is 0 Å². The van der Waals surface area contributed by atoms with Gasteiger partial charge >= 0.3 is 0 Å². The number of rotatable bonds is 2. The van der Waals surface area contributed by atoms with E-state index in [0.717, 1.165) is 12.1 Å². The second-order valence-corrected chi connectivity index (χ2v) is 4.28. The lowest BCUT2D eigenvalue weighted by Crippen LogP contribution is -2.41. The number of ketones is 1. The zero-order chi connectivity index (χ0) is 13.3. The molecule has 0 fully saturated rings. The van der Waals surface area contributed by atoms with Gasteiger partial charge in [-0.2, -0.15) is 0 Å². The van der Waals surface area contributed by atoms with Crippen LogP contribution in [0.2, 0.25) is 0 Å². The van der Waals surface area contributed by atoms with E-state index in [0.29, 0.717) is 5.56 Å². The normalized spacial score (nSPS) is 26.3. The maximum absolute atomic E-state index is 13.2. The molecule has 4 heteroatoms. The lowest BCUT2D eigenvalue weighted by Gasteiger charge is -2.31. The van der Waals surface area contributed by atoms with Crippen molar-refractivity contribution in [1.82, 2.24) is 0 Å². The zero-order valence-corrected chi connectivity index (χ0v) is 9.73. The molecule has 94 valence electrons. The maximum Gasteiger partial charge on any atom is 0.166 e. The first kappa shape index (κ1) is 12.6. The quantitative estimate of drug-likeness (QED) is 0.875. The van der Waals surface area contributed by atoms with Crippen LogP contribution in [0.25, 0.3) is 0 Å². The fraction of sp³-hybridized carbons (Fsp3) is 0.214. The molecule has 0 aromatic heterocycles. The maximum atomic E-state index is 13.2. The van der Waals surface area contributed by atoms with Crippen LogP contribution in [-0.4, -0.2) is 16.5 Å². The Morgan fingerprint density at radius 1 is 1.28 bits per heavy atom. The van der Waals surface area contributed by atoms with E-state index in [4.69, 9.17) is 0 Å². The summed E-state index contributed by atoms with van der Waals surface area (Å²) in [7, 11) is 0. The molecule has 0 saturated carbocycles. The highest BCUT2D eigenvalue weighted by molar-refractivity contribution is 5.89. The highest BCUT2D eigenvalue weighted by Crippen LogP contribution is 2.35. The number of hydrogen-bond donors (Lipinski definition) is 1. The summed E-state index contributed by atoms with van der Waals surface area (Å²) in [5, 5.41) is 10.3. The molecule has 1 N–H and O–H groups in total. The first-order chi connectivity index (χ1) is 8.45. The first-order valence-electron chi connectivity index (χ1n) is 5.49. The van der Waals surface area contributed by atoms with Crippen molar-refractivity contribution in [1.29, 1.82) is 0 Å². The number of aliphatic hydroxyl groups is 1. The van der Waals surface area contributed by atoms with Crippen molar-refractivity contribution in [3.63, 3.8) is 0 Å². The Labute approximate surface area is 103 Å². The van der Waals surface area contributed by atoms with Gasteiger partial charge in [0.1, 0.15) is 0 Å². The Balaban J connectivity index is 2.48. The molecule has 2 nitrogen and oxygen atoms in total. The van der Waals surface area contributed by atoms with E-state index in [2.05, 4.69) is 0 Å². The van der Waals surface area contributed by atoms with Crippen LogP contribution < -0.4 is 0 Å². The molecule has 0 amide bonds.